The Morgan fingerprint density at radius 3 is 1.80 bits per heavy atom. The molecule has 1 heterocycles. The Balaban J connectivity index is 2.20. The molecule has 0 bridgehead atoms. The van der Waals surface area contributed by atoms with Crippen molar-refractivity contribution in [1.82, 2.24) is 0 Å². The zero-order valence-electron chi connectivity index (χ0n) is 11.9. The van der Waals surface area contributed by atoms with Crippen molar-refractivity contribution in [3.05, 3.63) is 48.5 Å². The van der Waals surface area contributed by atoms with Crippen molar-refractivity contribution in [3.8, 4) is 0 Å². The minimum Gasteiger partial charge on any atom is -0.278 e. The molecule has 2 aromatic rings. The van der Waals surface area contributed by atoms with Crippen LogP contribution in [0, 0.1) is 5.41 Å². The highest BCUT2D eigenvalue weighted by Gasteiger charge is 2.34. The molecule has 0 atom stereocenters. The number of fused-ring (bicyclic) bond motifs is 2. The largest absolute Gasteiger partial charge is 0.278 e. The highest BCUT2D eigenvalue weighted by Crippen LogP contribution is 2.48. The van der Waals surface area contributed by atoms with Crippen LogP contribution in [0.1, 0.15) is 20.8 Å². The van der Waals surface area contributed by atoms with Gasteiger partial charge in [-0.15, -0.1) is 0 Å². The second kappa shape index (κ2) is 4.67. The summed E-state index contributed by atoms with van der Waals surface area (Å²) in [6.45, 7) is 5.88. The number of anilines is 2. The zero-order chi connectivity index (χ0) is 14.3. The van der Waals surface area contributed by atoms with Crippen LogP contribution in [0.25, 0.3) is 0 Å². The molecule has 2 aromatic carbocycles. The van der Waals surface area contributed by atoms with Gasteiger partial charge in [-0.25, -0.2) is 0 Å². The van der Waals surface area contributed by atoms with Crippen molar-refractivity contribution < 1.29 is 4.79 Å². The third-order valence-corrected chi connectivity index (χ3v) is 4.41. The standard InChI is InChI=1S/C17H17NOS/c1-17(2,3)16(19)18-12-8-4-6-10-14(12)20-15-11-7-5-9-13(15)18/h4-11H,1-3H3. The molecule has 102 valence electrons. The Morgan fingerprint density at radius 1 is 0.900 bits per heavy atom. The van der Waals surface area contributed by atoms with Crippen molar-refractivity contribution in [2.45, 2.75) is 30.6 Å². The summed E-state index contributed by atoms with van der Waals surface area (Å²) in [6.07, 6.45) is 0. The minimum atomic E-state index is -0.414. The molecule has 1 amide bonds. The van der Waals surface area contributed by atoms with E-state index in [2.05, 4.69) is 12.1 Å². The molecule has 0 saturated heterocycles. The molecule has 2 nitrogen and oxygen atoms in total. The van der Waals surface area contributed by atoms with Crippen LogP contribution >= 0.6 is 11.8 Å². The predicted octanol–water partition coefficient (Wildman–Crippen LogP) is 4.86. The number of hydrogen-bond donors (Lipinski definition) is 0. The van der Waals surface area contributed by atoms with E-state index in [4.69, 9.17) is 0 Å². The van der Waals surface area contributed by atoms with E-state index in [-0.39, 0.29) is 5.91 Å². The predicted molar refractivity (Wildman–Crippen MR) is 83.6 cm³/mol. The average molecular weight is 283 g/mol. The zero-order valence-corrected chi connectivity index (χ0v) is 12.7. The fourth-order valence-electron chi connectivity index (χ4n) is 2.26. The van der Waals surface area contributed by atoms with Gasteiger partial charge in [-0.1, -0.05) is 56.8 Å². The molecule has 0 aliphatic carbocycles. The first-order chi connectivity index (χ1) is 9.48. The van der Waals surface area contributed by atoms with Crippen molar-refractivity contribution >= 4 is 29.0 Å². The molecule has 0 N–H and O–H groups in total. The molecular weight excluding hydrogens is 266 g/mol. The molecule has 0 spiro atoms. The Morgan fingerprint density at radius 2 is 1.35 bits per heavy atom. The van der Waals surface area contributed by atoms with Crippen LogP contribution in [0.2, 0.25) is 0 Å². The summed E-state index contributed by atoms with van der Waals surface area (Å²) in [4.78, 5) is 17.0. The molecule has 1 aliphatic rings. The van der Waals surface area contributed by atoms with Gasteiger partial charge in [0, 0.05) is 15.2 Å². The lowest BCUT2D eigenvalue weighted by Crippen LogP contribution is -2.37. The van der Waals surface area contributed by atoms with Gasteiger partial charge in [0.15, 0.2) is 0 Å². The Kier molecular flexibility index (Phi) is 3.09. The Bertz CT molecular complexity index is 627. The van der Waals surface area contributed by atoms with Gasteiger partial charge in [0.1, 0.15) is 0 Å². The van der Waals surface area contributed by atoms with Crippen LogP contribution < -0.4 is 4.90 Å². The van der Waals surface area contributed by atoms with Gasteiger partial charge in [0.05, 0.1) is 11.4 Å². The van der Waals surface area contributed by atoms with E-state index in [0.29, 0.717) is 0 Å². The van der Waals surface area contributed by atoms with E-state index < -0.39 is 5.41 Å². The highest BCUT2D eigenvalue weighted by atomic mass is 32.2. The second-order valence-corrected chi connectivity index (χ2v) is 7.01. The number of nitrogens with zero attached hydrogens (tertiary/aromatic N) is 1. The number of carbonyl (C=O) groups is 1. The molecule has 0 unspecified atom stereocenters. The van der Waals surface area contributed by atoms with Crippen LogP contribution in [-0.4, -0.2) is 5.91 Å². The SMILES string of the molecule is CC(C)(C)C(=O)N1c2ccccc2Sc2ccccc21. The normalized spacial score (nSPS) is 13.7. The van der Waals surface area contributed by atoms with Crippen molar-refractivity contribution in [2.75, 3.05) is 4.90 Å². The summed E-state index contributed by atoms with van der Waals surface area (Å²) in [5, 5.41) is 0. The van der Waals surface area contributed by atoms with Crippen LogP contribution in [-0.2, 0) is 4.79 Å². The van der Waals surface area contributed by atoms with E-state index in [1.165, 1.54) is 0 Å². The first-order valence-corrected chi connectivity index (χ1v) is 7.50. The number of rotatable bonds is 0. The molecule has 3 rings (SSSR count). The molecule has 1 aliphatic heterocycles. The van der Waals surface area contributed by atoms with Crippen molar-refractivity contribution in [1.29, 1.82) is 0 Å². The van der Waals surface area contributed by atoms with E-state index in [1.54, 1.807) is 11.8 Å². The van der Waals surface area contributed by atoms with Crippen LogP contribution in [0.4, 0.5) is 11.4 Å². The number of benzene rings is 2. The molecule has 20 heavy (non-hydrogen) atoms. The fraction of sp³-hybridized carbons (Fsp3) is 0.235. The van der Waals surface area contributed by atoms with Gasteiger partial charge in [-0.05, 0) is 24.3 Å². The molecular formula is C17H17NOS. The Labute approximate surface area is 123 Å². The fourth-order valence-corrected chi connectivity index (χ4v) is 3.32. The van der Waals surface area contributed by atoms with Gasteiger partial charge in [0.2, 0.25) is 5.91 Å². The smallest absolute Gasteiger partial charge is 0.236 e. The van der Waals surface area contributed by atoms with E-state index in [9.17, 15) is 4.79 Å². The average Bonchev–Trinajstić information content (AvgIpc) is 2.43. The van der Waals surface area contributed by atoms with Crippen LogP contribution in [0.5, 0.6) is 0 Å². The summed E-state index contributed by atoms with van der Waals surface area (Å²) in [5.74, 6) is 0.123. The quantitative estimate of drug-likeness (QED) is 0.688. The van der Waals surface area contributed by atoms with Crippen LogP contribution in [0.15, 0.2) is 58.3 Å². The summed E-state index contributed by atoms with van der Waals surface area (Å²) >= 11 is 1.72. The van der Waals surface area contributed by atoms with E-state index in [0.717, 1.165) is 21.2 Å². The maximum atomic E-state index is 12.9. The summed E-state index contributed by atoms with van der Waals surface area (Å²) in [7, 11) is 0. The molecule has 0 saturated carbocycles. The van der Waals surface area contributed by atoms with Gasteiger partial charge in [-0.2, -0.15) is 0 Å². The molecule has 0 radical (unpaired) electrons. The highest BCUT2D eigenvalue weighted by molar-refractivity contribution is 7.99. The van der Waals surface area contributed by atoms with Crippen LogP contribution in [0.3, 0.4) is 0 Å². The molecule has 0 aromatic heterocycles. The minimum absolute atomic E-state index is 0.123. The van der Waals surface area contributed by atoms with Crippen molar-refractivity contribution in [3.63, 3.8) is 0 Å². The Hall–Kier alpha value is -1.74. The summed E-state index contributed by atoms with van der Waals surface area (Å²) in [6, 6.07) is 16.2. The first kappa shape index (κ1) is 13.3. The third kappa shape index (κ3) is 2.12. The number of hydrogen-bond acceptors (Lipinski definition) is 2. The summed E-state index contributed by atoms with van der Waals surface area (Å²) < 4.78 is 0. The maximum absolute atomic E-state index is 12.9. The molecule has 3 heteroatoms. The van der Waals surface area contributed by atoms with E-state index >= 15 is 0 Å². The molecule has 0 fully saturated rings. The lowest BCUT2D eigenvalue weighted by molar-refractivity contribution is -0.125. The number of para-hydroxylation sites is 2. The maximum Gasteiger partial charge on any atom is 0.236 e. The van der Waals surface area contributed by atoms with Gasteiger partial charge in [-0.3, -0.25) is 9.69 Å². The second-order valence-electron chi connectivity index (χ2n) is 5.93. The van der Waals surface area contributed by atoms with Gasteiger partial charge >= 0.3 is 0 Å². The lowest BCUT2D eigenvalue weighted by atomic mass is 9.94. The van der Waals surface area contributed by atoms with E-state index in [1.807, 2.05) is 62.1 Å². The topological polar surface area (TPSA) is 20.3 Å². The van der Waals surface area contributed by atoms with Gasteiger partial charge in [0.25, 0.3) is 0 Å². The monoisotopic (exact) mass is 283 g/mol. The first-order valence-electron chi connectivity index (χ1n) is 6.69. The summed E-state index contributed by atoms with van der Waals surface area (Å²) in [5.41, 5.74) is 1.55. The number of carbonyl (C=O) groups excluding carboxylic acids is 1. The number of amides is 1. The third-order valence-electron chi connectivity index (χ3n) is 3.28. The lowest BCUT2D eigenvalue weighted by Gasteiger charge is -2.35. The van der Waals surface area contributed by atoms with Crippen molar-refractivity contribution in [2.24, 2.45) is 5.41 Å². The van der Waals surface area contributed by atoms with Gasteiger partial charge < -0.3 is 0 Å².